The molecule has 0 heterocycles. The van der Waals surface area contributed by atoms with Crippen LogP contribution in [0, 0.1) is 17.5 Å². The molecule has 1 nitrogen and oxygen atoms in total. The fraction of sp³-hybridized carbons (Fsp3) is 0.250. The summed E-state index contributed by atoms with van der Waals surface area (Å²) in [7, 11) is 0. The summed E-state index contributed by atoms with van der Waals surface area (Å²) >= 11 is 3.29. The van der Waals surface area contributed by atoms with Gasteiger partial charge in [0.15, 0.2) is 0 Å². The zero-order chi connectivity index (χ0) is 15.6. The van der Waals surface area contributed by atoms with Crippen LogP contribution in [0.15, 0.2) is 40.9 Å². The summed E-state index contributed by atoms with van der Waals surface area (Å²) in [6, 6.07) is 7.16. The maximum atomic E-state index is 13.8. The number of nitrogens with one attached hydrogen (secondary N) is 1. The number of halogens is 4. The summed E-state index contributed by atoms with van der Waals surface area (Å²) < 4.78 is 41.5. The van der Waals surface area contributed by atoms with Crippen LogP contribution in [0.2, 0.25) is 0 Å². The van der Waals surface area contributed by atoms with Crippen molar-refractivity contribution in [1.82, 2.24) is 5.32 Å². The average Bonchev–Trinajstić information content (AvgIpc) is 2.43. The van der Waals surface area contributed by atoms with E-state index in [-0.39, 0.29) is 17.4 Å². The van der Waals surface area contributed by atoms with E-state index in [0.29, 0.717) is 5.56 Å². The largest absolute Gasteiger partial charge is 0.303 e. The molecule has 0 fully saturated rings. The van der Waals surface area contributed by atoms with Gasteiger partial charge in [0.05, 0.1) is 0 Å². The molecule has 0 saturated carbocycles. The third-order valence-electron chi connectivity index (χ3n) is 3.35. The average molecular weight is 358 g/mol. The Bertz CT molecular complexity index is 590. The fourth-order valence-electron chi connectivity index (χ4n) is 2.25. The lowest BCUT2D eigenvalue weighted by molar-refractivity contribution is 0.456. The third-order valence-corrected chi connectivity index (χ3v) is 3.84. The van der Waals surface area contributed by atoms with E-state index in [1.807, 2.05) is 0 Å². The zero-order valence-electron chi connectivity index (χ0n) is 11.6. The number of hydrogen-bond acceptors (Lipinski definition) is 1. The predicted octanol–water partition coefficient (Wildman–Crippen LogP) is 5.28. The van der Waals surface area contributed by atoms with E-state index in [1.54, 1.807) is 26.0 Å². The number of rotatable bonds is 4. The summed E-state index contributed by atoms with van der Waals surface area (Å²) in [5.74, 6) is -1.33. The van der Waals surface area contributed by atoms with E-state index in [9.17, 15) is 13.2 Å². The molecule has 2 aromatic carbocycles. The molecule has 0 bridgehead atoms. The quantitative estimate of drug-likeness (QED) is 0.784. The van der Waals surface area contributed by atoms with Crippen LogP contribution in [0.25, 0.3) is 0 Å². The molecule has 2 rings (SSSR count). The first-order chi connectivity index (χ1) is 9.88. The second-order valence-electron chi connectivity index (χ2n) is 4.94. The minimum Gasteiger partial charge on any atom is -0.303 e. The Morgan fingerprint density at radius 2 is 1.38 bits per heavy atom. The van der Waals surface area contributed by atoms with E-state index in [2.05, 4.69) is 21.2 Å². The van der Waals surface area contributed by atoms with Gasteiger partial charge in [-0.3, -0.25) is 0 Å². The first-order valence-corrected chi connectivity index (χ1v) is 7.33. The smallest absolute Gasteiger partial charge is 0.128 e. The van der Waals surface area contributed by atoms with Gasteiger partial charge in [-0.2, -0.15) is 0 Å². The van der Waals surface area contributed by atoms with Gasteiger partial charge in [-0.15, -0.1) is 0 Å². The van der Waals surface area contributed by atoms with Gasteiger partial charge < -0.3 is 5.32 Å². The minimum absolute atomic E-state index is 0.220. The van der Waals surface area contributed by atoms with Gasteiger partial charge in [-0.05, 0) is 50.2 Å². The number of benzene rings is 2. The Labute approximate surface area is 130 Å². The molecule has 112 valence electrons. The molecular weight excluding hydrogens is 343 g/mol. The van der Waals surface area contributed by atoms with Crippen molar-refractivity contribution < 1.29 is 13.2 Å². The first kappa shape index (κ1) is 16.0. The van der Waals surface area contributed by atoms with Crippen LogP contribution >= 0.6 is 15.9 Å². The van der Waals surface area contributed by atoms with E-state index in [1.165, 1.54) is 6.07 Å². The van der Waals surface area contributed by atoms with Crippen LogP contribution in [0.4, 0.5) is 13.2 Å². The molecule has 0 aromatic heterocycles. The molecular formula is C16H15BrF3N. The van der Waals surface area contributed by atoms with Gasteiger partial charge in [-0.25, -0.2) is 13.2 Å². The van der Waals surface area contributed by atoms with Crippen LogP contribution in [0.3, 0.4) is 0 Å². The monoisotopic (exact) mass is 357 g/mol. The lowest BCUT2D eigenvalue weighted by atomic mass is 10.0. The molecule has 0 aliphatic heterocycles. The van der Waals surface area contributed by atoms with Crippen molar-refractivity contribution in [2.75, 3.05) is 0 Å². The molecule has 0 aliphatic carbocycles. The van der Waals surface area contributed by atoms with Gasteiger partial charge in [0.2, 0.25) is 0 Å². The summed E-state index contributed by atoms with van der Waals surface area (Å²) in [6.45, 7) is 3.49. The maximum absolute atomic E-state index is 13.8. The predicted molar refractivity (Wildman–Crippen MR) is 80.4 cm³/mol. The Hall–Kier alpha value is -1.33. The first-order valence-electron chi connectivity index (χ1n) is 6.54. The Kier molecular flexibility index (Phi) is 5.06. The molecule has 5 heteroatoms. The molecule has 0 spiro atoms. The lowest BCUT2D eigenvalue weighted by Gasteiger charge is -2.22. The van der Waals surface area contributed by atoms with Crippen LogP contribution in [-0.2, 0) is 0 Å². The van der Waals surface area contributed by atoms with Crippen LogP contribution < -0.4 is 5.32 Å². The van der Waals surface area contributed by atoms with Gasteiger partial charge >= 0.3 is 0 Å². The molecule has 21 heavy (non-hydrogen) atoms. The summed E-state index contributed by atoms with van der Waals surface area (Å²) in [4.78, 5) is 0. The maximum Gasteiger partial charge on any atom is 0.128 e. The third kappa shape index (κ3) is 3.86. The van der Waals surface area contributed by atoms with Crippen molar-refractivity contribution in [1.29, 1.82) is 0 Å². The molecule has 2 atom stereocenters. The topological polar surface area (TPSA) is 12.0 Å². The molecule has 0 saturated heterocycles. The summed E-state index contributed by atoms with van der Waals surface area (Å²) in [5, 5.41) is 3.08. The van der Waals surface area contributed by atoms with E-state index < -0.39 is 17.7 Å². The fourth-order valence-corrected chi connectivity index (χ4v) is 2.63. The van der Waals surface area contributed by atoms with Crippen LogP contribution in [0.1, 0.15) is 37.1 Å². The molecule has 0 aliphatic rings. The van der Waals surface area contributed by atoms with Crippen molar-refractivity contribution in [2.24, 2.45) is 0 Å². The second-order valence-corrected chi connectivity index (χ2v) is 5.86. The van der Waals surface area contributed by atoms with Gasteiger partial charge in [-0.1, -0.05) is 15.9 Å². The Morgan fingerprint density at radius 3 is 2.00 bits per heavy atom. The SMILES string of the molecule is CC(NC(C)c1cc(Br)ccc1F)c1cc(F)ccc1F. The van der Waals surface area contributed by atoms with Gasteiger partial charge in [0.25, 0.3) is 0 Å². The summed E-state index contributed by atoms with van der Waals surface area (Å²) in [6.07, 6.45) is 0. The Balaban J connectivity index is 2.20. The minimum atomic E-state index is -0.499. The number of hydrogen-bond donors (Lipinski definition) is 1. The van der Waals surface area contributed by atoms with Crippen molar-refractivity contribution in [3.05, 3.63) is 69.4 Å². The lowest BCUT2D eigenvalue weighted by Crippen LogP contribution is -2.24. The van der Waals surface area contributed by atoms with E-state index in [0.717, 1.165) is 22.7 Å². The van der Waals surface area contributed by atoms with E-state index in [4.69, 9.17) is 0 Å². The molecule has 2 aromatic rings. The normalized spacial score (nSPS) is 14.0. The zero-order valence-corrected chi connectivity index (χ0v) is 13.2. The highest BCUT2D eigenvalue weighted by molar-refractivity contribution is 9.10. The molecule has 1 N–H and O–H groups in total. The van der Waals surface area contributed by atoms with Crippen molar-refractivity contribution >= 4 is 15.9 Å². The highest BCUT2D eigenvalue weighted by atomic mass is 79.9. The molecule has 0 amide bonds. The molecule has 0 radical (unpaired) electrons. The van der Waals surface area contributed by atoms with Crippen molar-refractivity contribution in [3.8, 4) is 0 Å². The standard InChI is InChI=1S/C16H15BrF3N/c1-9(13-7-11(17)3-5-15(13)19)21-10(2)14-8-12(18)4-6-16(14)20/h3-10,21H,1-2H3. The highest BCUT2D eigenvalue weighted by Gasteiger charge is 2.17. The van der Waals surface area contributed by atoms with E-state index >= 15 is 0 Å². The van der Waals surface area contributed by atoms with Gasteiger partial charge in [0.1, 0.15) is 17.5 Å². The summed E-state index contributed by atoms with van der Waals surface area (Å²) in [5.41, 5.74) is 0.685. The van der Waals surface area contributed by atoms with Crippen LogP contribution in [-0.4, -0.2) is 0 Å². The van der Waals surface area contributed by atoms with Crippen LogP contribution in [0.5, 0.6) is 0 Å². The Morgan fingerprint density at radius 1 is 0.857 bits per heavy atom. The van der Waals surface area contributed by atoms with Crippen molar-refractivity contribution in [2.45, 2.75) is 25.9 Å². The van der Waals surface area contributed by atoms with Crippen molar-refractivity contribution in [3.63, 3.8) is 0 Å². The van der Waals surface area contributed by atoms with Gasteiger partial charge in [0, 0.05) is 27.7 Å². The highest BCUT2D eigenvalue weighted by Crippen LogP contribution is 2.25. The molecule has 2 unspecified atom stereocenters. The second kappa shape index (κ2) is 6.62.